The molecule has 0 aliphatic carbocycles. The summed E-state index contributed by atoms with van der Waals surface area (Å²) >= 11 is 0. The molecule has 4 unspecified atom stereocenters. The van der Waals surface area contributed by atoms with Crippen molar-refractivity contribution in [1.29, 1.82) is 0 Å². The molecular formula is C33H42N8O6. The van der Waals surface area contributed by atoms with E-state index >= 15 is 0 Å². The zero-order chi connectivity index (χ0) is 33.9. The first-order valence-corrected chi connectivity index (χ1v) is 15.5. The van der Waals surface area contributed by atoms with Crippen molar-refractivity contribution in [3.63, 3.8) is 0 Å². The Morgan fingerprint density at radius 1 is 0.702 bits per heavy atom. The molecule has 4 atom stereocenters. The molecule has 0 radical (unpaired) electrons. The lowest BCUT2D eigenvalue weighted by atomic mass is 10.0. The molecule has 2 aromatic carbocycles. The predicted octanol–water partition coefficient (Wildman–Crippen LogP) is 0.695. The standard InChI is InChI=1S/C33H42N8O6/c34-14-6-5-11-26(39-30(43)23(35)15-19-17-37-24-9-3-1-7-21(19)24)31(44)41-28(16-20-18-38-25-10-4-2-8-22(20)25)32(45)40-27(33(46)47)12-13-29(36)42/h1-4,7-10,17-18,23,26-28,37-38H,5-6,11-16,34-35H2,(H2,36,42)(H,39,43)(H,40,45)(H,41,44)(H,46,47). The molecule has 0 aliphatic heterocycles. The van der Waals surface area contributed by atoms with Crippen LogP contribution in [0.25, 0.3) is 21.8 Å². The SMILES string of the molecule is NCCCCC(NC(=O)C(N)Cc1c[nH]c2ccccc12)C(=O)NC(Cc1c[nH]c2ccccc12)C(=O)NC(CCC(N)=O)C(=O)O. The summed E-state index contributed by atoms with van der Waals surface area (Å²) in [5, 5.41) is 19.3. The van der Waals surface area contributed by atoms with Gasteiger partial charge in [0.1, 0.15) is 18.1 Å². The highest BCUT2D eigenvalue weighted by molar-refractivity contribution is 5.95. The zero-order valence-electron chi connectivity index (χ0n) is 26.0. The molecule has 0 bridgehead atoms. The van der Waals surface area contributed by atoms with Gasteiger partial charge in [-0.05, 0) is 61.9 Å². The number of hydrogen-bond acceptors (Lipinski definition) is 7. The number of amides is 4. The molecule has 14 nitrogen and oxygen atoms in total. The Morgan fingerprint density at radius 2 is 1.23 bits per heavy atom. The van der Waals surface area contributed by atoms with E-state index in [0.717, 1.165) is 27.4 Å². The van der Waals surface area contributed by atoms with Crippen LogP contribution in [0.4, 0.5) is 0 Å². The largest absolute Gasteiger partial charge is 0.480 e. The number of aromatic amines is 2. The van der Waals surface area contributed by atoms with E-state index in [0.29, 0.717) is 24.9 Å². The quantitative estimate of drug-likeness (QED) is 0.0694. The molecule has 14 heteroatoms. The van der Waals surface area contributed by atoms with E-state index in [9.17, 15) is 29.1 Å². The number of carbonyl (C=O) groups excluding carboxylic acids is 4. The molecule has 2 aromatic heterocycles. The fourth-order valence-electron chi connectivity index (χ4n) is 5.49. The fourth-order valence-corrected chi connectivity index (χ4v) is 5.49. The Balaban J connectivity index is 1.53. The third kappa shape index (κ3) is 9.40. The lowest BCUT2D eigenvalue weighted by Gasteiger charge is -2.25. The number of aromatic nitrogens is 2. The molecule has 0 fully saturated rings. The Kier molecular flexibility index (Phi) is 12.1. The number of benzene rings is 2. The van der Waals surface area contributed by atoms with Crippen LogP contribution in [0.15, 0.2) is 60.9 Å². The maximum atomic E-state index is 13.8. The van der Waals surface area contributed by atoms with E-state index in [-0.39, 0.29) is 32.1 Å². The van der Waals surface area contributed by atoms with Crippen molar-refractivity contribution in [2.45, 2.75) is 69.1 Å². The average molecular weight is 647 g/mol. The monoisotopic (exact) mass is 646 g/mol. The van der Waals surface area contributed by atoms with Crippen molar-refractivity contribution >= 4 is 51.4 Å². The van der Waals surface area contributed by atoms with E-state index in [1.807, 2.05) is 48.5 Å². The first-order chi connectivity index (χ1) is 22.6. The van der Waals surface area contributed by atoms with E-state index in [4.69, 9.17) is 17.2 Å². The van der Waals surface area contributed by atoms with Crippen LogP contribution >= 0.6 is 0 Å². The van der Waals surface area contributed by atoms with E-state index in [1.54, 1.807) is 12.4 Å². The fraction of sp³-hybridized carbons (Fsp3) is 0.364. The maximum Gasteiger partial charge on any atom is 0.326 e. The minimum atomic E-state index is -1.42. The second kappa shape index (κ2) is 16.4. The van der Waals surface area contributed by atoms with Crippen LogP contribution in [-0.4, -0.2) is 75.4 Å². The van der Waals surface area contributed by atoms with Crippen molar-refractivity contribution in [2.24, 2.45) is 17.2 Å². The van der Waals surface area contributed by atoms with Crippen molar-refractivity contribution < 1.29 is 29.1 Å². The second-order valence-electron chi connectivity index (χ2n) is 11.5. The van der Waals surface area contributed by atoms with Crippen LogP contribution in [0.1, 0.15) is 43.2 Å². The third-order valence-electron chi connectivity index (χ3n) is 8.06. The van der Waals surface area contributed by atoms with Gasteiger partial charge in [0.25, 0.3) is 0 Å². The molecule has 0 saturated heterocycles. The predicted molar refractivity (Wildman–Crippen MR) is 177 cm³/mol. The van der Waals surface area contributed by atoms with Crippen LogP contribution in [0.2, 0.25) is 0 Å². The van der Waals surface area contributed by atoms with Gasteiger partial charge in [0.05, 0.1) is 6.04 Å². The van der Waals surface area contributed by atoms with Gasteiger partial charge in [-0.1, -0.05) is 36.4 Å². The molecule has 4 rings (SSSR count). The minimum absolute atomic E-state index is 0.00723. The van der Waals surface area contributed by atoms with Gasteiger partial charge in [0.2, 0.25) is 23.6 Å². The molecule has 0 spiro atoms. The number of aliphatic carboxylic acids is 1. The second-order valence-corrected chi connectivity index (χ2v) is 11.5. The zero-order valence-corrected chi connectivity index (χ0v) is 26.0. The summed E-state index contributed by atoms with van der Waals surface area (Å²) in [6.07, 6.45) is 4.59. The number of para-hydroxylation sites is 2. The number of fused-ring (bicyclic) bond motifs is 2. The van der Waals surface area contributed by atoms with Crippen LogP contribution in [0, 0.1) is 0 Å². The number of carboxylic acids is 1. The smallest absolute Gasteiger partial charge is 0.326 e. The van der Waals surface area contributed by atoms with Gasteiger partial charge in [-0.25, -0.2) is 4.79 Å². The number of nitrogens with two attached hydrogens (primary N) is 3. The number of hydrogen-bond donors (Lipinski definition) is 9. The minimum Gasteiger partial charge on any atom is -0.480 e. The van der Waals surface area contributed by atoms with Crippen LogP contribution in [0.5, 0.6) is 0 Å². The lowest BCUT2D eigenvalue weighted by Crippen LogP contribution is -2.57. The molecule has 47 heavy (non-hydrogen) atoms. The summed E-state index contributed by atoms with van der Waals surface area (Å²) < 4.78 is 0. The van der Waals surface area contributed by atoms with Gasteiger partial charge in [-0.3, -0.25) is 19.2 Å². The van der Waals surface area contributed by atoms with Crippen molar-refractivity contribution in [1.82, 2.24) is 25.9 Å². The first-order valence-electron chi connectivity index (χ1n) is 15.5. The summed E-state index contributed by atoms with van der Waals surface area (Å²) in [6, 6.07) is 10.4. The summed E-state index contributed by atoms with van der Waals surface area (Å²) in [7, 11) is 0. The van der Waals surface area contributed by atoms with Crippen molar-refractivity contribution in [3.05, 3.63) is 72.1 Å². The highest BCUT2D eigenvalue weighted by Gasteiger charge is 2.31. The van der Waals surface area contributed by atoms with E-state index in [1.165, 1.54) is 0 Å². The maximum absolute atomic E-state index is 13.8. The number of rotatable bonds is 18. The Bertz CT molecular complexity index is 1720. The number of H-pyrrole nitrogens is 2. The molecule has 0 aliphatic rings. The lowest BCUT2D eigenvalue weighted by molar-refractivity contribution is -0.142. The first kappa shape index (κ1) is 34.7. The van der Waals surface area contributed by atoms with Gasteiger partial charge < -0.3 is 48.2 Å². The Hall–Kier alpha value is -5.21. The van der Waals surface area contributed by atoms with Gasteiger partial charge >= 0.3 is 5.97 Å². The Labute approximate surface area is 271 Å². The number of unbranched alkanes of at least 4 members (excludes halogenated alkanes) is 1. The van der Waals surface area contributed by atoms with Gasteiger partial charge in [0.15, 0.2) is 0 Å². The summed E-state index contributed by atoms with van der Waals surface area (Å²) in [4.78, 5) is 70.1. The highest BCUT2D eigenvalue weighted by Crippen LogP contribution is 2.20. The average Bonchev–Trinajstić information content (AvgIpc) is 3.65. The van der Waals surface area contributed by atoms with Gasteiger partial charge in [-0.15, -0.1) is 0 Å². The summed E-state index contributed by atoms with van der Waals surface area (Å²) in [6.45, 7) is 0.385. The molecule has 0 saturated carbocycles. The normalized spacial score (nSPS) is 13.8. The number of carboxylic acid groups (broad SMARTS) is 1. The Morgan fingerprint density at radius 3 is 1.81 bits per heavy atom. The molecule has 250 valence electrons. The highest BCUT2D eigenvalue weighted by atomic mass is 16.4. The molecule has 12 N–H and O–H groups in total. The van der Waals surface area contributed by atoms with E-state index < -0.39 is 53.8 Å². The molecule has 4 amide bonds. The summed E-state index contributed by atoms with van der Waals surface area (Å²) in [5.74, 6) is -4.03. The summed E-state index contributed by atoms with van der Waals surface area (Å²) in [5.41, 5.74) is 20.4. The number of carbonyl (C=O) groups is 5. The van der Waals surface area contributed by atoms with Gasteiger partial charge in [0, 0.05) is 47.0 Å². The molecule has 4 aromatic rings. The third-order valence-corrected chi connectivity index (χ3v) is 8.06. The van der Waals surface area contributed by atoms with Crippen molar-refractivity contribution in [2.75, 3.05) is 6.54 Å². The van der Waals surface area contributed by atoms with Crippen molar-refractivity contribution in [3.8, 4) is 0 Å². The van der Waals surface area contributed by atoms with Crippen LogP contribution in [0.3, 0.4) is 0 Å². The molecular weight excluding hydrogens is 604 g/mol. The van der Waals surface area contributed by atoms with Gasteiger partial charge in [-0.2, -0.15) is 0 Å². The topological polar surface area (TPSA) is 251 Å². The van der Waals surface area contributed by atoms with Crippen LogP contribution in [-0.2, 0) is 36.8 Å². The number of primary amides is 1. The van der Waals surface area contributed by atoms with E-state index in [2.05, 4.69) is 25.9 Å². The van der Waals surface area contributed by atoms with Crippen LogP contribution < -0.4 is 33.2 Å². The number of nitrogens with one attached hydrogen (secondary N) is 5. The molecule has 2 heterocycles.